The summed E-state index contributed by atoms with van der Waals surface area (Å²) in [6.07, 6.45) is 1.18. The lowest BCUT2D eigenvalue weighted by Crippen LogP contribution is -2.53. The molecule has 0 radical (unpaired) electrons. The molecule has 2 heterocycles. The van der Waals surface area contributed by atoms with E-state index < -0.39 is 11.4 Å². The predicted octanol–water partition coefficient (Wildman–Crippen LogP) is 1.46. The average molecular weight is 261 g/mol. The van der Waals surface area contributed by atoms with Crippen LogP contribution in [0.2, 0.25) is 0 Å². The monoisotopic (exact) mass is 261 g/mol. The van der Waals surface area contributed by atoms with Crippen LogP contribution < -0.4 is 0 Å². The van der Waals surface area contributed by atoms with Gasteiger partial charge in [0.2, 0.25) is 0 Å². The number of aliphatic carboxylic acids is 1. The summed E-state index contributed by atoms with van der Waals surface area (Å²) in [7, 11) is 2.14. The zero-order chi connectivity index (χ0) is 13.5. The first-order chi connectivity index (χ1) is 9.12. The first kappa shape index (κ1) is 12.6. The second-order valence-corrected chi connectivity index (χ2v) is 5.75. The molecule has 4 nitrogen and oxygen atoms in total. The minimum Gasteiger partial charge on any atom is -0.480 e. The molecule has 1 N–H and O–H groups in total. The van der Waals surface area contributed by atoms with Gasteiger partial charge in [0.1, 0.15) is 5.41 Å². The maximum absolute atomic E-state index is 11.4. The summed E-state index contributed by atoms with van der Waals surface area (Å²) < 4.78 is 5.11. The summed E-state index contributed by atoms with van der Waals surface area (Å²) in [5.74, 6) is -0.204. The van der Waals surface area contributed by atoms with Crippen LogP contribution in [0.4, 0.5) is 0 Å². The van der Waals surface area contributed by atoms with Gasteiger partial charge >= 0.3 is 5.97 Å². The fourth-order valence-electron chi connectivity index (χ4n) is 3.00. The molecule has 19 heavy (non-hydrogen) atoms. The summed E-state index contributed by atoms with van der Waals surface area (Å²) in [5, 5.41) is 9.37. The van der Waals surface area contributed by atoms with Crippen LogP contribution in [0.1, 0.15) is 23.5 Å². The van der Waals surface area contributed by atoms with E-state index in [1.807, 2.05) is 12.1 Å². The summed E-state index contributed by atoms with van der Waals surface area (Å²) in [6, 6.07) is 8.10. The quantitative estimate of drug-likeness (QED) is 0.895. The SMILES string of the molecule is CN1CCC(c2ccc(C3(C(=O)O)COC3)cc2)C1. The fraction of sp³-hybridized carbons (Fsp3) is 0.533. The van der Waals surface area contributed by atoms with Gasteiger partial charge in [0, 0.05) is 6.54 Å². The maximum Gasteiger partial charge on any atom is 0.318 e. The predicted molar refractivity (Wildman–Crippen MR) is 71.4 cm³/mol. The van der Waals surface area contributed by atoms with Crippen molar-refractivity contribution in [3.8, 4) is 0 Å². The Morgan fingerprint density at radius 3 is 2.47 bits per heavy atom. The van der Waals surface area contributed by atoms with E-state index in [0.29, 0.717) is 5.92 Å². The number of rotatable bonds is 3. The van der Waals surface area contributed by atoms with Crippen molar-refractivity contribution in [2.24, 2.45) is 0 Å². The number of benzene rings is 1. The molecule has 2 fully saturated rings. The zero-order valence-electron chi connectivity index (χ0n) is 11.1. The number of nitrogens with zero attached hydrogens (tertiary/aromatic N) is 1. The number of ether oxygens (including phenoxy) is 1. The number of hydrogen-bond donors (Lipinski definition) is 1. The molecule has 2 aliphatic heterocycles. The number of carbonyl (C=O) groups is 1. The van der Waals surface area contributed by atoms with Gasteiger partial charge in [0.05, 0.1) is 13.2 Å². The Kier molecular flexibility index (Phi) is 3.07. The standard InChI is InChI=1S/C15H19NO3/c1-16-7-6-12(8-16)11-2-4-13(5-3-11)15(14(17)18)9-19-10-15/h2-5,12H,6-10H2,1H3,(H,17,18). The highest BCUT2D eigenvalue weighted by Gasteiger charge is 2.47. The van der Waals surface area contributed by atoms with E-state index in [2.05, 4.69) is 24.1 Å². The zero-order valence-corrected chi connectivity index (χ0v) is 11.1. The highest BCUT2D eigenvalue weighted by Crippen LogP contribution is 2.34. The Balaban J connectivity index is 1.81. The van der Waals surface area contributed by atoms with Crippen molar-refractivity contribution in [2.45, 2.75) is 17.8 Å². The number of hydrogen-bond acceptors (Lipinski definition) is 3. The summed E-state index contributed by atoms with van der Waals surface area (Å²) in [4.78, 5) is 13.7. The van der Waals surface area contributed by atoms with E-state index >= 15 is 0 Å². The second kappa shape index (κ2) is 4.62. The van der Waals surface area contributed by atoms with E-state index in [1.54, 1.807) is 0 Å². The van der Waals surface area contributed by atoms with Crippen LogP contribution in [0.15, 0.2) is 24.3 Å². The molecule has 2 aliphatic rings. The van der Waals surface area contributed by atoms with Crippen LogP contribution >= 0.6 is 0 Å². The average Bonchev–Trinajstić information content (AvgIpc) is 2.75. The number of carboxylic acids is 1. The van der Waals surface area contributed by atoms with Gasteiger partial charge in [-0.2, -0.15) is 0 Å². The lowest BCUT2D eigenvalue weighted by Gasteiger charge is -2.37. The van der Waals surface area contributed by atoms with Crippen LogP contribution in [0.25, 0.3) is 0 Å². The third-order valence-electron chi connectivity index (χ3n) is 4.43. The fourth-order valence-corrected chi connectivity index (χ4v) is 3.00. The molecular weight excluding hydrogens is 242 g/mol. The third kappa shape index (κ3) is 2.05. The topological polar surface area (TPSA) is 49.8 Å². The van der Waals surface area contributed by atoms with Crippen LogP contribution in [0.3, 0.4) is 0 Å². The van der Waals surface area contributed by atoms with Gasteiger partial charge in [-0.05, 0) is 37.1 Å². The molecule has 0 aromatic heterocycles. The molecule has 2 saturated heterocycles. The van der Waals surface area contributed by atoms with E-state index in [0.717, 1.165) is 18.7 Å². The highest BCUT2D eigenvalue weighted by atomic mass is 16.5. The third-order valence-corrected chi connectivity index (χ3v) is 4.43. The van der Waals surface area contributed by atoms with Crippen molar-refractivity contribution < 1.29 is 14.6 Å². The Morgan fingerprint density at radius 1 is 1.37 bits per heavy atom. The highest BCUT2D eigenvalue weighted by molar-refractivity contribution is 5.82. The smallest absolute Gasteiger partial charge is 0.318 e. The molecule has 1 unspecified atom stereocenters. The molecule has 1 atom stereocenters. The normalized spacial score (nSPS) is 26.1. The first-order valence-corrected chi connectivity index (χ1v) is 6.72. The van der Waals surface area contributed by atoms with Crippen molar-refractivity contribution in [3.63, 3.8) is 0 Å². The van der Waals surface area contributed by atoms with Gasteiger partial charge in [-0.3, -0.25) is 4.79 Å². The summed E-state index contributed by atoms with van der Waals surface area (Å²) in [5.41, 5.74) is 1.36. The minimum atomic E-state index is -0.814. The minimum absolute atomic E-state index is 0.286. The van der Waals surface area contributed by atoms with Crippen molar-refractivity contribution in [3.05, 3.63) is 35.4 Å². The van der Waals surface area contributed by atoms with Crippen molar-refractivity contribution in [1.82, 2.24) is 4.90 Å². The van der Waals surface area contributed by atoms with Gasteiger partial charge in [-0.25, -0.2) is 0 Å². The number of likely N-dealkylation sites (tertiary alicyclic amines) is 1. The van der Waals surface area contributed by atoms with Gasteiger partial charge in [0.15, 0.2) is 0 Å². The van der Waals surface area contributed by atoms with Crippen LogP contribution in [0, 0.1) is 0 Å². The first-order valence-electron chi connectivity index (χ1n) is 6.72. The van der Waals surface area contributed by atoms with Crippen LogP contribution in [0.5, 0.6) is 0 Å². The van der Waals surface area contributed by atoms with E-state index in [-0.39, 0.29) is 13.2 Å². The van der Waals surface area contributed by atoms with Gasteiger partial charge < -0.3 is 14.7 Å². The molecule has 1 aromatic rings. The van der Waals surface area contributed by atoms with Crippen LogP contribution in [-0.2, 0) is 14.9 Å². The lowest BCUT2D eigenvalue weighted by atomic mass is 9.78. The Labute approximate surface area is 113 Å². The van der Waals surface area contributed by atoms with Crippen molar-refractivity contribution in [1.29, 1.82) is 0 Å². The Hall–Kier alpha value is -1.39. The van der Waals surface area contributed by atoms with Gasteiger partial charge in [-0.1, -0.05) is 24.3 Å². The molecule has 102 valence electrons. The largest absolute Gasteiger partial charge is 0.480 e. The van der Waals surface area contributed by atoms with E-state index in [4.69, 9.17) is 4.74 Å². The second-order valence-electron chi connectivity index (χ2n) is 5.75. The molecule has 3 rings (SSSR count). The molecule has 0 amide bonds. The van der Waals surface area contributed by atoms with E-state index in [9.17, 15) is 9.90 Å². The summed E-state index contributed by atoms with van der Waals surface area (Å²) >= 11 is 0. The molecule has 0 spiro atoms. The molecule has 1 aromatic carbocycles. The Bertz CT molecular complexity index is 479. The maximum atomic E-state index is 11.4. The molecule has 0 saturated carbocycles. The molecule has 0 aliphatic carbocycles. The Morgan fingerprint density at radius 2 is 2.05 bits per heavy atom. The summed E-state index contributed by atoms with van der Waals surface area (Å²) in [6.45, 7) is 2.80. The van der Waals surface area contributed by atoms with Crippen molar-refractivity contribution in [2.75, 3.05) is 33.4 Å². The lowest BCUT2D eigenvalue weighted by molar-refractivity contribution is -0.163. The number of likely N-dealkylation sites (N-methyl/N-ethyl adjacent to an activating group) is 1. The van der Waals surface area contributed by atoms with Crippen molar-refractivity contribution >= 4 is 5.97 Å². The molecule has 4 heteroatoms. The van der Waals surface area contributed by atoms with E-state index in [1.165, 1.54) is 12.0 Å². The van der Waals surface area contributed by atoms with Gasteiger partial charge in [-0.15, -0.1) is 0 Å². The molecular formula is C15H19NO3. The number of carboxylic acid groups (broad SMARTS) is 1. The molecule has 0 bridgehead atoms. The van der Waals surface area contributed by atoms with Gasteiger partial charge in [0.25, 0.3) is 0 Å². The van der Waals surface area contributed by atoms with Crippen LogP contribution in [-0.4, -0.2) is 49.3 Å².